The summed E-state index contributed by atoms with van der Waals surface area (Å²) in [6.07, 6.45) is -0.548. The number of ether oxygens (including phenoxy) is 1. The second-order valence-electron chi connectivity index (χ2n) is 6.36. The van der Waals surface area contributed by atoms with Crippen LogP contribution < -0.4 is 15.4 Å². The third kappa shape index (κ3) is 3.39. The fraction of sp³-hybridized carbons (Fsp3) is 0.150. The number of rotatable bonds is 3. The summed E-state index contributed by atoms with van der Waals surface area (Å²) < 4.78 is 10.8. The van der Waals surface area contributed by atoms with Crippen LogP contribution in [0.1, 0.15) is 23.0 Å². The molecule has 3 aromatic rings. The number of carbonyl (C=O) groups is 2. The smallest absolute Gasteiger partial charge is 0.277 e. The van der Waals surface area contributed by atoms with Crippen LogP contribution in [0.2, 0.25) is 0 Å². The molecule has 0 aliphatic carbocycles. The Kier molecular flexibility index (Phi) is 4.12. The number of aryl methyl sites for hydroxylation is 1. The van der Waals surface area contributed by atoms with E-state index in [0.717, 1.165) is 11.1 Å². The van der Waals surface area contributed by atoms with E-state index in [4.69, 9.17) is 9.26 Å². The normalized spacial score (nSPS) is 15.5. The highest BCUT2D eigenvalue weighted by atomic mass is 16.5. The van der Waals surface area contributed by atoms with Gasteiger partial charge in [0.2, 0.25) is 0 Å². The van der Waals surface area contributed by atoms with E-state index in [2.05, 4.69) is 15.8 Å². The van der Waals surface area contributed by atoms with Gasteiger partial charge in [0.15, 0.2) is 17.6 Å². The largest absolute Gasteiger partial charge is 0.479 e. The molecule has 0 spiro atoms. The van der Waals surface area contributed by atoms with E-state index in [1.807, 2.05) is 31.2 Å². The number of nitrogens with one attached hydrogen (secondary N) is 2. The molecule has 4 rings (SSSR count). The van der Waals surface area contributed by atoms with Gasteiger partial charge >= 0.3 is 0 Å². The van der Waals surface area contributed by atoms with E-state index in [1.165, 1.54) is 0 Å². The van der Waals surface area contributed by atoms with Crippen molar-refractivity contribution in [3.05, 3.63) is 59.8 Å². The summed E-state index contributed by atoms with van der Waals surface area (Å²) in [5.41, 5.74) is 3.16. The summed E-state index contributed by atoms with van der Waals surface area (Å²) in [7, 11) is 0. The summed E-state index contributed by atoms with van der Waals surface area (Å²) in [4.78, 5) is 24.2. The van der Waals surface area contributed by atoms with E-state index in [1.54, 1.807) is 31.2 Å². The highest BCUT2D eigenvalue weighted by Gasteiger charge is 2.24. The van der Waals surface area contributed by atoms with E-state index in [0.29, 0.717) is 22.9 Å². The molecule has 1 unspecified atom stereocenters. The molecular formula is C20H17N3O4. The molecule has 0 bridgehead atoms. The molecule has 7 heteroatoms. The van der Waals surface area contributed by atoms with Crippen molar-refractivity contribution in [2.24, 2.45) is 0 Å². The molecule has 0 saturated carbocycles. The monoisotopic (exact) mass is 363 g/mol. The molecule has 7 nitrogen and oxygen atoms in total. The highest BCUT2D eigenvalue weighted by Crippen LogP contribution is 2.32. The maximum Gasteiger partial charge on any atom is 0.277 e. The molecule has 1 aromatic heterocycles. The van der Waals surface area contributed by atoms with E-state index in [9.17, 15) is 9.59 Å². The van der Waals surface area contributed by atoms with E-state index < -0.39 is 12.0 Å². The zero-order valence-electron chi connectivity index (χ0n) is 14.8. The number of amides is 2. The third-order valence-electron chi connectivity index (χ3n) is 4.25. The number of fused-ring (bicyclic) bond motifs is 1. The lowest BCUT2D eigenvalue weighted by molar-refractivity contribution is -0.122. The second kappa shape index (κ2) is 6.60. The van der Waals surface area contributed by atoms with Gasteiger partial charge in [-0.1, -0.05) is 35.0 Å². The lowest BCUT2D eigenvalue weighted by Crippen LogP contribution is -2.34. The van der Waals surface area contributed by atoms with Crippen molar-refractivity contribution < 1.29 is 18.8 Å². The number of anilines is 2. The molecule has 0 fully saturated rings. The van der Waals surface area contributed by atoms with Crippen molar-refractivity contribution in [2.45, 2.75) is 20.0 Å². The number of hydrogen-bond acceptors (Lipinski definition) is 5. The maximum absolute atomic E-state index is 12.4. The lowest BCUT2D eigenvalue weighted by Gasteiger charge is -2.23. The fourth-order valence-corrected chi connectivity index (χ4v) is 2.72. The Morgan fingerprint density at radius 1 is 1.15 bits per heavy atom. The van der Waals surface area contributed by atoms with Gasteiger partial charge in [-0.15, -0.1) is 0 Å². The lowest BCUT2D eigenvalue weighted by atomic mass is 10.1. The van der Waals surface area contributed by atoms with Crippen molar-refractivity contribution in [3.8, 4) is 17.1 Å². The number of aromatic nitrogens is 1. The van der Waals surface area contributed by atoms with Gasteiger partial charge in [-0.05, 0) is 32.0 Å². The number of nitrogens with zero attached hydrogens (tertiary/aromatic N) is 1. The summed E-state index contributed by atoms with van der Waals surface area (Å²) in [6, 6.07) is 14.4. The molecule has 1 aliphatic rings. The SMILES string of the molecule is Cc1ccc(-c2cc(C(=O)Nc3ccc4c(c3)NC(=O)C(C)O4)no2)cc1. The number of carbonyl (C=O) groups excluding carboxylic acids is 2. The van der Waals surface area contributed by atoms with Crippen LogP contribution in [-0.4, -0.2) is 23.1 Å². The molecule has 2 N–H and O–H groups in total. The molecule has 2 heterocycles. The summed E-state index contributed by atoms with van der Waals surface area (Å²) in [5.74, 6) is 0.433. The van der Waals surface area contributed by atoms with Crippen LogP contribution in [0.4, 0.5) is 11.4 Å². The number of hydrogen-bond donors (Lipinski definition) is 2. The maximum atomic E-state index is 12.4. The van der Waals surface area contributed by atoms with Gasteiger partial charge in [-0.3, -0.25) is 9.59 Å². The van der Waals surface area contributed by atoms with Crippen LogP contribution >= 0.6 is 0 Å². The van der Waals surface area contributed by atoms with E-state index in [-0.39, 0.29) is 11.6 Å². The van der Waals surface area contributed by atoms with Crippen LogP contribution in [0, 0.1) is 6.92 Å². The summed E-state index contributed by atoms with van der Waals surface area (Å²) in [6.45, 7) is 3.67. The standard InChI is InChI=1S/C20H17N3O4/c1-11-3-5-13(6-4-11)18-10-16(23-27-18)20(25)21-14-7-8-17-15(9-14)22-19(24)12(2)26-17/h3-10,12H,1-2H3,(H,21,25)(H,22,24). The number of benzene rings is 2. The molecule has 0 saturated heterocycles. The van der Waals surface area contributed by atoms with Crippen molar-refractivity contribution >= 4 is 23.2 Å². The van der Waals surface area contributed by atoms with Gasteiger partial charge in [0, 0.05) is 17.3 Å². The molecule has 1 aliphatic heterocycles. The van der Waals surface area contributed by atoms with Gasteiger partial charge in [0.05, 0.1) is 5.69 Å². The Morgan fingerprint density at radius 3 is 2.70 bits per heavy atom. The van der Waals surface area contributed by atoms with Crippen LogP contribution in [-0.2, 0) is 4.79 Å². The molecule has 2 aromatic carbocycles. The van der Waals surface area contributed by atoms with Crippen LogP contribution in [0.3, 0.4) is 0 Å². The minimum absolute atomic E-state index is 0.164. The second-order valence-corrected chi connectivity index (χ2v) is 6.36. The highest BCUT2D eigenvalue weighted by molar-refractivity contribution is 6.04. The molecule has 27 heavy (non-hydrogen) atoms. The Balaban J connectivity index is 1.51. The molecular weight excluding hydrogens is 346 g/mol. The van der Waals surface area contributed by atoms with Crippen molar-refractivity contribution in [1.29, 1.82) is 0 Å². The van der Waals surface area contributed by atoms with Crippen molar-refractivity contribution in [3.63, 3.8) is 0 Å². The first kappa shape index (κ1) is 16.8. The average molecular weight is 363 g/mol. The molecule has 136 valence electrons. The minimum atomic E-state index is -0.548. The topological polar surface area (TPSA) is 93.5 Å². The van der Waals surface area contributed by atoms with Crippen LogP contribution in [0.15, 0.2) is 53.1 Å². The molecule has 1 atom stereocenters. The Morgan fingerprint density at radius 2 is 1.93 bits per heavy atom. The zero-order chi connectivity index (χ0) is 19.0. The van der Waals surface area contributed by atoms with E-state index >= 15 is 0 Å². The Bertz CT molecular complexity index is 1020. The summed E-state index contributed by atoms with van der Waals surface area (Å²) >= 11 is 0. The summed E-state index contributed by atoms with van der Waals surface area (Å²) in [5, 5.41) is 9.32. The van der Waals surface area contributed by atoms with Gasteiger partial charge in [0.1, 0.15) is 5.75 Å². The quantitative estimate of drug-likeness (QED) is 0.741. The average Bonchev–Trinajstić information content (AvgIpc) is 3.14. The van der Waals surface area contributed by atoms with Gasteiger partial charge in [0.25, 0.3) is 11.8 Å². The van der Waals surface area contributed by atoms with Crippen LogP contribution in [0.25, 0.3) is 11.3 Å². The molecule has 2 amide bonds. The molecule has 0 radical (unpaired) electrons. The van der Waals surface area contributed by atoms with Crippen LogP contribution in [0.5, 0.6) is 5.75 Å². The predicted molar refractivity (Wildman–Crippen MR) is 99.8 cm³/mol. The van der Waals surface area contributed by atoms with Gasteiger partial charge < -0.3 is 19.9 Å². The Labute approximate surface area is 155 Å². The van der Waals surface area contributed by atoms with Crippen molar-refractivity contribution in [1.82, 2.24) is 5.16 Å². The first-order chi connectivity index (χ1) is 13.0. The van der Waals surface area contributed by atoms with Crippen molar-refractivity contribution in [2.75, 3.05) is 10.6 Å². The Hall–Kier alpha value is -3.61. The fourth-order valence-electron chi connectivity index (χ4n) is 2.72. The minimum Gasteiger partial charge on any atom is -0.479 e. The third-order valence-corrected chi connectivity index (χ3v) is 4.25. The van der Waals surface area contributed by atoms with Gasteiger partial charge in [-0.25, -0.2) is 0 Å². The first-order valence-corrected chi connectivity index (χ1v) is 8.46. The zero-order valence-corrected chi connectivity index (χ0v) is 14.8. The first-order valence-electron chi connectivity index (χ1n) is 8.46. The predicted octanol–water partition coefficient (Wildman–Crippen LogP) is 3.62. The van der Waals surface area contributed by atoms with Gasteiger partial charge in [-0.2, -0.15) is 0 Å².